The second-order valence-corrected chi connectivity index (χ2v) is 6.25. The van der Waals surface area contributed by atoms with Crippen LogP contribution in [0, 0.1) is 13.8 Å². The molecule has 0 bridgehead atoms. The fourth-order valence-corrected chi connectivity index (χ4v) is 2.87. The number of amides is 1. The molecule has 0 aliphatic heterocycles. The Morgan fingerprint density at radius 1 is 1.19 bits per heavy atom. The Labute approximate surface area is 152 Å². The number of carbonyl (C=O) groups excluding carboxylic acids is 1. The normalized spacial score (nSPS) is 10.9. The van der Waals surface area contributed by atoms with Crippen molar-refractivity contribution in [3.8, 4) is 11.5 Å². The largest absolute Gasteiger partial charge is 0.356 e. The van der Waals surface area contributed by atoms with E-state index in [-0.39, 0.29) is 5.91 Å². The molecule has 2 heterocycles. The van der Waals surface area contributed by atoms with Crippen LogP contribution in [0.1, 0.15) is 29.2 Å². The maximum Gasteiger partial charge on any atom is 0.257 e. The van der Waals surface area contributed by atoms with Crippen LogP contribution in [-0.4, -0.2) is 32.4 Å². The Morgan fingerprint density at radius 2 is 1.96 bits per heavy atom. The SMILES string of the molecule is Cc1nn(C)c(C)c1CCC(=O)NCCc1noc(-c2ccccc2)n1. The first-order chi connectivity index (χ1) is 12.5. The van der Waals surface area contributed by atoms with Crippen LogP contribution in [0.2, 0.25) is 0 Å². The third-order valence-electron chi connectivity index (χ3n) is 4.42. The zero-order valence-corrected chi connectivity index (χ0v) is 15.3. The molecule has 1 amide bonds. The van der Waals surface area contributed by atoms with Crippen molar-refractivity contribution >= 4 is 5.91 Å². The number of aryl methyl sites for hydroxylation is 2. The van der Waals surface area contributed by atoms with Crippen molar-refractivity contribution < 1.29 is 9.32 Å². The van der Waals surface area contributed by atoms with Gasteiger partial charge in [-0.25, -0.2) is 0 Å². The molecule has 0 saturated heterocycles. The number of benzene rings is 1. The Hall–Kier alpha value is -2.96. The molecule has 0 radical (unpaired) electrons. The maximum atomic E-state index is 12.1. The van der Waals surface area contributed by atoms with Gasteiger partial charge in [-0.3, -0.25) is 9.48 Å². The molecule has 7 heteroatoms. The molecule has 2 aromatic heterocycles. The Bertz CT molecular complexity index is 883. The van der Waals surface area contributed by atoms with E-state index in [1.165, 1.54) is 0 Å². The monoisotopic (exact) mass is 353 g/mol. The van der Waals surface area contributed by atoms with Crippen molar-refractivity contribution in [1.82, 2.24) is 25.2 Å². The zero-order valence-electron chi connectivity index (χ0n) is 15.3. The topological polar surface area (TPSA) is 85.8 Å². The van der Waals surface area contributed by atoms with Gasteiger partial charge in [0, 0.05) is 37.7 Å². The van der Waals surface area contributed by atoms with E-state index < -0.39 is 0 Å². The summed E-state index contributed by atoms with van der Waals surface area (Å²) in [7, 11) is 1.92. The highest BCUT2D eigenvalue weighted by Crippen LogP contribution is 2.16. The molecule has 0 atom stereocenters. The van der Waals surface area contributed by atoms with Gasteiger partial charge in [-0.15, -0.1) is 0 Å². The summed E-state index contributed by atoms with van der Waals surface area (Å²) in [4.78, 5) is 16.4. The van der Waals surface area contributed by atoms with E-state index in [1.54, 1.807) is 0 Å². The van der Waals surface area contributed by atoms with Gasteiger partial charge in [-0.1, -0.05) is 23.4 Å². The van der Waals surface area contributed by atoms with Crippen molar-refractivity contribution in [2.75, 3.05) is 6.54 Å². The lowest BCUT2D eigenvalue weighted by Gasteiger charge is -2.04. The van der Waals surface area contributed by atoms with Crippen molar-refractivity contribution in [1.29, 1.82) is 0 Å². The van der Waals surface area contributed by atoms with Crippen LogP contribution in [0.3, 0.4) is 0 Å². The molecule has 0 aliphatic rings. The lowest BCUT2D eigenvalue weighted by atomic mass is 10.1. The van der Waals surface area contributed by atoms with Crippen LogP contribution in [-0.2, 0) is 24.7 Å². The molecule has 0 spiro atoms. The predicted molar refractivity (Wildman–Crippen MR) is 97.5 cm³/mol. The molecule has 0 saturated carbocycles. The molecular weight excluding hydrogens is 330 g/mol. The van der Waals surface area contributed by atoms with Crippen LogP contribution in [0.15, 0.2) is 34.9 Å². The minimum absolute atomic E-state index is 0.0134. The fourth-order valence-electron chi connectivity index (χ4n) is 2.87. The molecule has 1 aromatic carbocycles. The van der Waals surface area contributed by atoms with Gasteiger partial charge in [0.05, 0.1) is 5.69 Å². The summed E-state index contributed by atoms with van der Waals surface area (Å²) in [5.74, 6) is 1.09. The van der Waals surface area contributed by atoms with Gasteiger partial charge in [-0.2, -0.15) is 10.1 Å². The van der Waals surface area contributed by atoms with Crippen molar-refractivity contribution in [3.05, 3.63) is 53.1 Å². The summed E-state index contributed by atoms with van der Waals surface area (Å²) < 4.78 is 7.11. The molecule has 3 aromatic rings. The molecular formula is C19H23N5O2. The van der Waals surface area contributed by atoms with E-state index in [2.05, 4.69) is 20.6 Å². The third-order valence-corrected chi connectivity index (χ3v) is 4.42. The van der Waals surface area contributed by atoms with E-state index in [1.807, 2.05) is 55.9 Å². The number of aromatic nitrogens is 4. The van der Waals surface area contributed by atoms with Gasteiger partial charge in [0.15, 0.2) is 5.82 Å². The second-order valence-electron chi connectivity index (χ2n) is 6.25. The van der Waals surface area contributed by atoms with E-state index in [0.29, 0.717) is 37.5 Å². The summed E-state index contributed by atoms with van der Waals surface area (Å²) in [6.45, 7) is 4.48. The van der Waals surface area contributed by atoms with Gasteiger partial charge in [-0.05, 0) is 38.0 Å². The maximum absolute atomic E-state index is 12.1. The van der Waals surface area contributed by atoms with Crippen LogP contribution in [0.4, 0.5) is 0 Å². The molecule has 3 rings (SSSR count). The minimum atomic E-state index is 0.0134. The first kappa shape index (κ1) is 17.8. The number of hydrogen-bond donors (Lipinski definition) is 1. The summed E-state index contributed by atoms with van der Waals surface area (Å²) in [6.07, 6.45) is 1.67. The molecule has 26 heavy (non-hydrogen) atoms. The van der Waals surface area contributed by atoms with Crippen LogP contribution >= 0.6 is 0 Å². The average Bonchev–Trinajstić information content (AvgIpc) is 3.20. The standard InChI is InChI=1S/C19H23N5O2/c1-13-16(14(2)24(3)22-13)9-10-18(25)20-12-11-17-21-19(26-23-17)15-7-5-4-6-8-15/h4-8H,9-12H2,1-3H3,(H,20,25). The number of carbonyl (C=O) groups is 1. The molecule has 0 aliphatic carbocycles. The van der Waals surface area contributed by atoms with Crippen LogP contribution in [0.25, 0.3) is 11.5 Å². The fraction of sp³-hybridized carbons (Fsp3) is 0.368. The Balaban J connectivity index is 1.45. The Kier molecular flexibility index (Phi) is 5.46. The van der Waals surface area contributed by atoms with Gasteiger partial charge >= 0.3 is 0 Å². The first-order valence-electron chi connectivity index (χ1n) is 8.68. The smallest absolute Gasteiger partial charge is 0.257 e. The molecule has 7 nitrogen and oxygen atoms in total. The van der Waals surface area contributed by atoms with E-state index in [4.69, 9.17) is 4.52 Å². The number of rotatable bonds is 7. The number of nitrogens with zero attached hydrogens (tertiary/aromatic N) is 4. The van der Waals surface area contributed by atoms with Gasteiger partial charge < -0.3 is 9.84 Å². The number of hydrogen-bond acceptors (Lipinski definition) is 5. The zero-order chi connectivity index (χ0) is 18.5. The summed E-state index contributed by atoms with van der Waals surface area (Å²) >= 11 is 0. The molecule has 1 N–H and O–H groups in total. The summed E-state index contributed by atoms with van der Waals surface area (Å²) in [5, 5.41) is 11.2. The van der Waals surface area contributed by atoms with Gasteiger partial charge in [0.25, 0.3) is 5.89 Å². The van der Waals surface area contributed by atoms with E-state index >= 15 is 0 Å². The van der Waals surface area contributed by atoms with Gasteiger partial charge in [0.1, 0.15) is 0 Å². The highest BCUT2D eigenvalue weighted by molar-refractivity contribution is 5.76. The number of nitrogens with one attached hydrogen (secondary N) is 1. The van der Waals surface area contributed by atoms with Crippen LogP contribution in [0.5, 0.6) is 0 Å². The molecule has 0 unspecified atom stereocenters. The lowest BCUT2D eigenvalue weighted by molar-refractivity contribution is -0.121. The average molecular weight is 353 g/mol. The summed E-state index contributed by atoms with van der Waals surface area (Å²) in [5.41, 5.74) is 4.12. The highest BCUT2D eigenvalue weighted by atomic mass is 16.5. The van der Waals surface area contributed by atoms with Crippen molar-refractivity contribution in [3.63, 3.8) is 0 Å². The molecule has 0 fully saturated rings. The predicted octanol–water partition coefficient (Wildman–Crippen LogP) is 2.38. The second kappa shape index (κ2) is 7.95. The van der Waals surface area contributed by atoms with E-state index in [0.717, 1.165) is 22.5 Å². The van der Waals surface area contributed by atoms with Crippen molar-refractivity contribution in [2.24, 2.45) is 7.05 Å². The van der Waals surface area contributed by atoms with Gasteiger partial charge in [0.2, 0.25) is 5.91 Å². The summed E-state index contributed by atoms with van der Waals surface area (Å²) in [6, 6.07) is 9.62. The highest BCUT2D eigenvalue weighted by Gasteiger charge is 2.12. The first-order valence-corrected chi connectivity index (χ1v) is 8.68. The lowest BCUT2D eigenvalue weighted by Crippen LogP contribution is -2.26. The Morgan fingerprint density at radius 3 is 2.65 bits per heavy atom. The van der Waals surface area contributed by atoms with Crippen molar-refractivity contribution in [2.45, 2.75) is 33.1 Å². The molecule has 136 valence electrons. The van der Waals surface area contributed by atoms with E-state index in [9.17, 15) is 4.79 Å². The minimum Gasteiger partial charge on any atom is -0.356 e. The van der Waals surface area contributed by atoms with Crippen LogP contribution < -0.4 is 5.32 Å². The third kappa shape index (κ3) is 4.17. The quantitative estimate of drug-likeness (QED) is 0.705.